The van der Waals surface area contributed by atoms with Gasteiger partial charge in [-0.25, -0.2) is 9.97 Å². The number of carbonyl (C=O) groups is 2. The van der Waals surface area contributed by atoms with Gasteiger partial charge in [0.2, 0.25) is 5.91 Å². The Hall–Kier alpha value is -1.69. The molecule has 7 heteroatoms. The van der Waals surface area contributed by atoms with Gasteiger partial charge in [-0.2, -0.15) is 0 Å². The second-order valence-electron chi connectivity index (χ2n) is 3.61. The van der Waals surface area contributed by atoms with Crippen LogP contribution in [0.4, 0.5) is 5.82 Å². The zero-order valence-corrected chi connectivity index (χ0v) is 9.78. The number of anilines is 1. The van der Waals surface area contributed by atoms with E-state index in [1.807, 2.05) is 4.90 Å². The molecule has 0 bridgehead atoms. The molecule has 1 aromatic heterocycles. The van der Waals surface area contributed by atoms with Gasteiger partial charge in [-0.05, 0) is 0 Å². The highest BCUT2D eigenvalue weighted by atomic mass is 35.5. The summed E-state index contributed by atoms with van der Waals surface area (Å²) in [6.45, 7) is 1.64. The quantitative estimate of drug-likeness (QED) is 0.606. The Morgan fingerprint density at radius 1 is 1.41 bits per heavy atom. The molecule has 0 unspecified atom stereocenters. The van der Waals surface area contributed by atoms with E-state index in [-0.39, 0.29) is 16.6 Å². The monoisotopic (exact) mass is 254 g/mol. The Morgan fingerprint density at radius 2 is 2.24 bits per heavy atom. The largest absolute Gasteiger partial charge is 0.354 e. The summed E-state index contributed by atoms with van der Waals surface area (Å²) in [5.41, 5.74) is 0.267. The fourth-order valence-electron chi connectivity index (χ4n) is 1.70. The van der Waals surface area contributed by atoms with Gasteiger partial charge in [0.05, 0.1) is 5.56 Å². The molecule has 0 atom stereocenters. The van der Waals surface area contributed by atoms with Crippen molar-refractivity contribution in [3.05, 3.63) is 17.0 Å². The third-order valence-corrected chi connectivity index (χ3v) is 2.85. The molecule has 1 aliphatic heterocycles. The summed E-state index contributed by atoms with van der Waals surface area (Å²) in [4.78, 5) is 31.9. The van der Waals surface area contributed by atoms with Crippen LogP contribution in [0.15, 0.2) is 6.33 Å². The zero-order chi connectivity index (χ0) is 12.3. The number of hydrogen-bond acceptors (Lipinski definition) is 5. The summed E-state index contributed by atoms with van der Waals surface area (Å²) < 4.78 is 0. The SMILES string of the molecule is O=Cc1c(Cl)ncnc1N1CCNC(=O)CC1. The Balaban J connectivity index is 2.29. The summed E-state index contributed by atoms with van der Waals surface area (Å²) in [5.74, 6) is 0.483. The number of rotatable bonds is 2. The van der Waals surface area contributed by atoms with Gasteiger partial charge in [0, 0.05) is 26.1 Å². The Bertz CT molecular complexity index is 452. The molecule has 1 saturated heterocycles. The standard InChI is InChI=1S/C10H11ClN4O2/c11-9-7(5-16)10(14-6-13-9)15-3-1-8(17)12-2-4-15/h5-6H,1-4H2,(H,12,17). The molecule has 1 aromatic rings. The Morgan fingerprint density at radius 3 is 3.00 bits per heavy atom. The van der Waals surface area contributed by atoms with Crippen LogP contribution in [0.2, 0.25) is 5.15 Å². The van der Waals surface area contributed by atoms with Crippen molar-refractivity contribution in [3.8, 4) is 0 Å². The van der Waals surface area contributed by atoms with Gasteiger partial charge in [-0.3, -0.25) is 9.59 Å². The lowest BCUT2D eigenvalue weighted by molar-refractivity contribution is -0.120. The van der Waals surface area contributed by atoms with Crippen molar-refractivity contribution in [1.29, 1.82) is 0 Å². The van der Waals surface area contributed by atoms with Gasteiger partial charge in [0.25, 0.3) is 0 Å². The molecule has 2 rings (SSSR count). The zero-order valence-electron chi connectivity index (χ0n) is 9.02. The molecule has 1 aliphatic rings. The molecule has 6 nitrogen and oxygen atoms in total. The normalized spacial score (nSPS) is 16.3. The number of aldehydes is 1. The van der Waals surface area contributed by atoms with Gasteiger partial charge < -0.3 is 10.2 Å². The van der Waals surface area contributed by atoms with Gasteiger partial charge >= 0.3 is 0 Å². The topological polar surface area (TPSA) is 75.2 Å². The molecule has 0 radical (unpaired) electrons. The maximum Gasteiger partial charge on any atom is 0.221 e. The van der Waals surface area contributed by atoms with Crippen LogP contribution >= 0.6 is 11.6 Å². The van der Waals surface area contributed by atoms with Gasteiger partial charge in [0.15, 0.2) is 6.29 Å². The number of hydrogen-bond donors (Lipinski definition) is 1. The number of nitrogens with zero attached hydrogens (tertiary/aromatic N) is 3. The van der Waals surface area contributed by atoms with Crippen molar-refractivity contribution in [3.63, 3.8) is 0 Å². The van der Waals surface area contributed by atoms with Crippen LogP contribution in [-0.2, 0) is 4.79 Å². The lowest BCUT2D eigenvalue weighted by Gasteiger charge is -2.21. The van der Waals surface area contributed by atoms with Gasteiger partial charge in [-0.15, -0.1) is 0 Å². The van der Waals surface area contributed by atoms with E-state index in [0.717, 1.165) is 0 Å². The second kappa shape index (κ2) is 5.09. The first-order valence-corrected chi connectivity index (χ1v) is 5.57. The van der Waals surface area contributed by atoms with E-state index in [2.05, 4.69) is 15.3 Å². The number of halogens is 1. The van der Waals surface area contributed by atoms with E-state index >= 15 is 0 Å². The smallest absolute Gasteiger partial charge is 0.221 e. The summed E-state index contributed by atoms with van der Waals surface area (Å²) in [6.07, 6.45) is 2.32. The predicted octanol–water partition coefficient (Wildman–Crippen LogP) is 0.269. The molecule has 1 fully saturated rings. The fraction of sp³-hybridized carbons (Fsp3) is 0.400. The van der Waals surface area contributed by atoms with E-state index in [4.69, 9.17) is 11.6 Å². The molecule has 0 aromatic carbocycles. The minimum Gasteiger partial charge on any atom is -0.354 e. The number of carbonyl (C=O) groups excluding carboxylic acids is 2. The fourth-order valence-corrected chi connectivity index (χ4v) is 1.87. The molecule has 0 spiro atoms. The van der Waals surface area contributed by atoms with E-state index < -0.39 is 0 Å². The Labute approximate surface area is 103 Å². The minimum absolute atomic E-state index is 0.000283. The second-order valence-corrected chi connectivity index (χ2v) is 3.96. The summed E-state index contributed by atoms with van der Waals surface area (Å²) in [7, 11) is 0. The molecule has 0 saturated carbocycles. The molecular formula is C10H11ClN4O2. The highest BCUT2D eigenvalue weighted by molar-refractivity contribution is 6.32. The van der Waals surface area contributed by atoms with E-state index in [1.54, 1.807) is 0 Å². The molecule has 1 amide bonds. The lowest BCUT2D eigenvalue weighted by Crippen LogP contribution is -2.30. The van der Waals surface area contributed by atoms with Gasteiger partial charge in [0.1, 0.15) is 17.3 Å². The Kier molecular flexibility index (Phi) is 3.53. The van der Waals surface area contributed by atoms with Crippen LogP contribution < -0.4 is 10.2 Å². The van der Waals surface area contributed by atoms with Crippen LogP contribution in [0.5, 0.6) is 0 Å². The average molecular weight is 255 g/mol. The van der Waals surface area contributed by atoms with Crippen molar-refractivity contribution in [2.45, 2.75) is 6.42 Å². The van der Waals surface area contributed by atoms with E-state index in [0.29, 0.717) is 38.2 Å². The molecule has 0 aliphatic carbocycles. The third kappa shape index (κ3) is 2.52. The van der Waals surface area contributed by atoms with Crippen molar-refractivity contribution >= 4 is 29.6 Å². The first-order chi connectivity index (χ1) is 8.22. The lowest BCUT2D eigenvalue weighted by atomic mass is 10.3. The minimum atomic E-state index is 0.000283. The first kappa shape index (κ1) is 11.8. The average Bonchev–Trinajstić information content (AvgIpc) is 2.54. The third-order valence-electron chi connectivity index (χ3n) is 2.54. The highest BCUT2D eigenvalue weighted by Gasteiger charge is 2.19. The number of aromatic nitrogens is 2. The van der Waals surface area contributed by atoms with E-state index in [9.17, 15) is 9.59 Å². The molecule has 1 N–H and O–H groups in total. The van der Waals surface area contributed by atoms with Crippen LogP contribution in [0.3, 0.4) is 0 Å². The van der Waals surface area contributed by atoms with Crippen LogP contribution in [-0.4, -0.2) is 41.8 Å². The molecule has 90 valence electrons. The van der Waals surface area contributed by atoms with Crippen molar-refractivity contribution in [1.82, 2.24) is 15.3 Å². The van der Waals surface area contributed by atoms with Crippen LogP contribution in [0.25, 0.3) is 0 Å². The van der Waals surface area contributed by atoms with Crippen LogP contribution in [0, 0.1) is 0 Å². The summed E-state index contributed by atoms with van der Waals surface area (Å²) in [6, 6.07) is 0. The number of amides is 1. The first-order valence-electron chi connectivity index (χ1n) is 5.19. The maximum absolute atomic E-state index is 11.2. The van der Waals surface area contributed by atoms with Crippen molar-refractivity contribution in [2.75, 3.05) is 24.5 Å². The molecular weight excluding hydrogens is 244 g/mol. The van der Waals surface area contributed by atoms with E-state index in [1.165, 1.54) is 6.33 Å². The summed E-state index contributed by atoms with van der Waals surface area (Å²) >= 11 is 5.83. The van der Waals surface area contributed by atoms with Crippen molar-refractivity contribution < 1.29 is 9.59 Å². The van der Waals surface area contributed by atoms with Gasteiger partial charge in [-0.1, -0.05) is 11.6 Å². The highest BCUT2D eigenvalue weighted by Crippen LogP contribution is 2.21. The maximum atomic E-state index is 11.2. The molecule has 2 heterocycles. The predicted molar refractivity (Wildman–Crippen MR) is 62.3 cm³/mol. The summed E-state index contributed by atoms with van der Waals surface area (Å²) in [5, 5.41) is 2.88. The number of nitrogens with one attached hydrogen (secondary N) is 1. The van der Waals surface area contributed by atoms with Crippen LogP contribution in [0.1, 0.15) is 16.8 Å². The molecule has 17 heavy (non-hydrogen) atoms. The van der Waals surface area contributed by atoms with Crippen molar-refractivity contribution in [2.24, 2.45) is 0 Å².